The quantitative estimate of drug-likeness (QED) is 0.526. The van der Waals surface area contributed by atoms with Crippen molar-refractivity contribution >= 4 is 27.5 Å². The van der Waals surface area contributed by atoms with Gasteiger partial charge >= 0.3 is 0 Å². The highest BCUT2D eigenvalue weighted by molar-refractivity contribution is 8.77. The predicted octanol–water partition coefficient (Wildman–Crippen LogP) is 5.11. The second kappa shape index (κ2) is 9.03. The molecule has 2 aliphatic rings. The summed E-state index contributed by atoms with van der Waals surface area (Å²) in [7, 11) is 4.06. The molecular weight excluding hydrogens is 322 g/mol. The van der Waals surface area contributed by atoms with Gasteiger partial charge < -0.3 is 4.90 Å². The summed E-state index contributed by atoms with van der Waals surface area (Å²) in [5.41, 5.74) is 1.44. The molecule has 0 N–H and O–H groups in total. The van der Waals surface area contributed by atoms with Gasteiger partial charge in [0, 0.05) is 30.5 Å². The van der Waals surface area contributed by atoms with E-state index in [1.54, 1.807) is 0 Å². The van der Waals surface area contributed by atoms with Crippen molar-refractivity contribution < 1.29 is 4.79 Å². The minimum Gasteiger partial charge on any atom is -0.343 e. The molecule has 2 fully saturated rings. The summed E-state index contributed by atoms with van der Waals surface area (Å²) >= 11 is 0. The van der Waals surface area contributed by atoms with E-state index in [1.165, 1.54) is 30.6 Å². The van der Waals surface area contributed by atoms with Crippen LogP contribution < -0.4 is 0 Å². The second-order valence-corrected chi connectivity index (χ2v) is 9.43. The van der Waals surface area contributed by atoms with Gasteiger partial charge in [-0.3, -0.25) is 4.79 Å². The number of amides is 1. The Kier molecular flexibility index (Phi) is 6.76. The van der Waals surface area contributed by atoms with Gasteiger partial charge in [0.05, 0.1) is 0 Å². The summed E-state index contributed by atoms with van der Waals surface area (Å²) in [6, 6.07) is 10.8. The number of likely N-dealkylation sites (tertiary alicyclic amines) is 1. The third kappa shape index (κ3) is 5.18. The Morgan fingerprint density at radius 1 is 1.09 bits per heavy atom. The molecular formula is C19H27NOS2. The SMILES string of the molecule is O=C(CCCCC1CCSS1)N1CCC(c2ccccc2)CC1. The zero-order valence-electron chi connectivity index (χ0n) is 13.8. The lowest BCUT2D eigenvalue weighted by atomic mass is 9.89. The number of carbonyl (C=O) groups is 1. The topological polar surface area (TPSA) is 20.3 Å². The lowest BCUT2D eigenvalue weighted by Crippen LogP contribution is -2.37. The molecule has 0 aliphatic carbocycles. The Hall–Kier alpha value is -0.610. The Morgan fingerprint density at radius 2 is 1.87 bits per heavy atom. The molecule has 0 aromatic heterocycles. The van der Waals surface area contributed by atoms with Gasteiger partial charge in [-0.1, -0.05) is 58.3 Å². The van der Waals surface area contributed by atoms with E-state index in [2.05, 4.69) is 35.2 Å². The highest BCUT2D eigenvalue weighted by atomic mass is 33.1. The fraction of sp³-hybridized carbons (Fsp3) is 0.632. The van der Waals surface area contributed by atoms with Crippen LogP contribution in [0.25, 0.3) is 0 Å². The minimum absolute atomic E-state index is 0.380. The summed E-state index contributed by atoms with van der Waals surface area (Å²) in [5, 5.41) is 0.844. The summed E-state index contributed by atoms with van der Waals surface area (Å²) < 4.78 is 0. The number of carbonyl (C=O) groups excluding carboxylic acids is 1. The molecule has 0 bridgehead atoms. The van der Waals surface area contributed by atoms with Crippen LogP contribution in [-0.2, 0) is 4.79 Å². The fourth-order valence-corrected chi connectivity index (χ4v) is 6.59. The van der Waals surface area contributed by atoms with Gasteiger partial charge in [0.15, 0.2) is 0 Å². The molecule has 4 heteroatoms. The number of piperidine rings is 1. The van der Waals surface area contributed by atoms with Crippen molar-refractivity contribution in [1.82, 2.24) is 4.90 Å². The van der Waals surface area contributed by atoms with Gasteiger partial charge in [0.25, 0.3) is 0 Å². The fourth-order valence-electron chi connectivity index (χ4n) is 3.56. The van der Waals surface area contributed by atoms with E-state index < -0.39 is 0 Å². The number of benzene rings is 1. The zero-order chi connectivity index (χ0) is 15.9. The van der Waals surface area contributed by atoms with E-state index in [-0.39, 0.29) is 0 Å². The average molecular weight is 350 g/mol. The van der Waals surface area contributed by atoms with Gasteiger partial charge in [0.2, 0.25) is 5.91 Å². The summed E-state index contributed by atoms with van der Waals surface area (Å²) in [6.07, 6.45) is 7.92. The first-order valence-corrected chi connectivity index (χ1v) is 11.3. The maximum absolute atomic E-state index is 12.4. The van der Waals surface area contributed by atoms with Crippen LogP contribution in [0, 0.1) is 0 Å². The van der Waals surface area contributed by atoms with Gasteiger partial charge in [-0.25, -0.2) is 0 Å². The number of unbranched alkanes of at least 4 members (excludes halogenated alkanes) is 1. The van der Waals surface area contributed by atoms with E-state index in [9.17, 15) is 4.79 Å². The van der Waals surface area contributed by atoms with Crippen molar-refractivity contribution in [3.63, 3.8) is 0 Å². The molecule has 1 atom stereocenters. The van der Waals surface area contributed by atoms with Crippen molar-refractivity contribution in [1.29, 1.82) is 0 Å². The zero-order valence-corrected chi connectivity index (χ0v) is 15.4. The molecule has 2 heterocycles. The molecule has 0 radical (unpaired) electrons. The smallest absolute Gasteiger partial charge is 0.222 e. The van der Waals surface area contributed by atoms with Gasteiger partial charge in [0.1, 0.15) is 0 Å². The molecule has 2 nitrogen and oxygen atoms in total. The Bertz CT molecular complexity index is 479. The van der Waals surface area contributed by atoms with Crippen LogP contribution in [0.5, 0.6) is 0 Å². The standard InChI is InChI=1S/C19H27NOS2/c21-19(9-5-4-8-18-12-15-22-23-18)20-13-10-17(11-14-20)16-6-2-1-3-7-16/h1-3,6-7,17-18H,4-5,8-15H2. The molecule has 0 spiro atoms. The highest BCUT2D eigenvalue weighted by Crippen LogP contribution is 2.40. The first-order valence-electron chi connectivity index (χ1n) is 8.94. The molecule has 126 valence electrons. The van der Waals surface area contributed by atoms with Gasteiger partial charge in [-0.05, 0) is 43.6 Å². The van der Waals surface area contributed by atoms with Crippen LogP contribution in [0.15, 0.2) is 30.3 Å². The van der Waals surface area contributed by atoms with E-state index in [0.717, 1.165) is 44.0 Å². The largest absolute Gasteiger partial charge is 0.343 e. The highest BCUT2D eigenvalue weighted by Gasteiger charge is 2.23. The van der Waals surface area contributed by atoms with Crippen LogP contribution in [0.3, 0.4) is 0 Å². The summed E-state index contributed by atoms with van der Waals surface area (Å²) in [6.45, 7) is 1.88. The van der Waals surface area contributed by atoms with Crippen molar-refractivity contribution in [2.24, 2.45) is 0 Å². The van der Waals surface area contributed by atoms with Gasteiger partial charge in [-0.2, -0.15) is 0 Å². The summed E-state index contributed by atoms with van der Waals surface area (Å²) in [4.78, 5) is 14.5. The third-order valence-corrected chi connectivity index (χ3v) is 8.02. The molecule has 0 saturated carbocycles. The van der Waals surface area contributed by atoms with E-state index >= 15 is 0 Å². The molecule has 2 saturated heterocycles. The number of hydrogen-bond donors (Lipinski definition) is 0. The van der Waals surface area contributed by atoms with Crippen LogP contribution >= 0.6 is 21.6 Å². The second-order valence-electron chi connectivity index (χ2n) is 6.64. The maximum Gasteiger partial charge on any atom is 0.222 e. The van der Waals surface area contributed by atoms with Crippen LogP contribution in [0.1, 0.15) is 56.4 Å². The van der Waals surface area contributed by atoms with E-state index in [4.69, 9.17) is 0 Å². The molecule has 1 aromatic carbocycles. The first kappa shape index (κ1) is 17.2. The normalized spacial score (nSPS) is 22.4. The van der Waals surface area contributed by atoms with Crippen LogP contribution in [0.4, 0.5) is 0 Å². The molecule has 23 heavy (non-hydrogen) atoms. The summed E-state index contributed by atoms with van der Waals surface area (Å²) in [5.74, 6) is 2.33. The molecule has 2 aliphatic heterocycles. The first-order chi connectivity index (χ1) is 11.3. The average Bonchev–Trinajstić information content (AvgIpc) is 3.13. The monoisotopic (exact) mass is 349 g/mol. The van der Waals surface area contributed by atoms with Crippen molar-refractivity contribution in [3.8, 4) is 0 Å². The van der Waals surface area contributed by atoms with Crippen molar-refractivity contribution in [2.45, 2.75) is 56.1 Å². The lowest BCUT2D eigenvalue weighted by molar-refractivity contribution is -0.132. The Morgan fingerprint density at radius 3 is 2.57 bits per heavy atom. The van der Waals surface area contributed by atoms with Crippen LogP contribution in [0.2, 0.25) is 0 Å². The number of nitrogens with zero attached hydrogens (tertiary/aromatic N) is 1. The van der Waals surface area contributed by atoms with E-state index in [1.807, 2.05) is 21.6 Å². The number of hydrogen-bond acceptors (Lipinski definition) is 3. The predicted molar refractivity (Wildman–Crippen MR) is 102 cm³/mol. The maximum atomic E-state index is 12.4. The minimum atomic E-state index is 0.380. The van der Waals surface area contributed by atoms with Crippen LogP contribution in [-0.4, -0.2) is 34.9 Å². The molecule has 1 amide bonds. The lowest BCUT2D eigenvalue weighted by Gasteiger charge is -2.32. The third-order valence-electron chi connectivity index (χ3n) is 5.01. The Labute approximate surface area is 148 Å². The van der Waals surface area contributed by atoms with Crippen molar-refractivity contribution in [3.05, 3.63) is 35.9 Å². The Balaban J connectivity index is 1.33. The molecule has 3 rings (SSSR count). The molecule has 1 aromatic rings. The molecule has 1 unspecified atom stereocenters. The van der Waals surface area contributed by atoms with Crippen molar-refractivity contribution in [2.75, 3.05) is 18.8 Å². The number of rotatable bonds is 6. The van der Waals surface area contributed by atoms with Gasteiger partial charge in [-0.15, -0.1) is 0 Å². The van der Waals surface area contributed by atoms with E-state index in [0.29, 0.717) is 11.8 Å².